The summed E-state index contributed by atoms with van der Waals surface area (Å²) in [5.41, 5.74) is 1.51. The number of aliphatic hydroxyl groups is 1. The number of nitrogens with zero attached hydrogens (tertiary/aromatic N) is 4. The van der Waals surface area contributed by atoms with Crippen LogP contribution in [-0.2, 0) is 4.74 Å². The molecule has 1 aliphatic heterocycles. The fourth-order valence-corrected chi connectivity index (χ4v) is 6.50. The summed E-state index contributed by atoms with van der Waals surface area (Å²) in [5, 5.41) is 24.8. The lowest BCUT2D eigenvalue weighted by atomic mass is 9.80. The number of aromatic nitrogens is 2. The number of ether oxygens (including phenoxy) is 2. The molecule has 0 radical (unpaired) electrons. The van der Waals surface area contributed by atoms with Crippen molar-refractivity contribution >= 4 is 17.7 Å². The SMILES string of the molecule is COC[C@]1(O)CCCC[C@H]1n1cnc(C(=O)N2CCN(C(=O)O)C[C@H]2CCNc2ccccc2OC)c1-c1ccccc1. The standard InChI is InChI=1S/C32H41N5O6/c1-42-21-32(41)16-9-8-14-27(32)37-22-34-28(29(37)23-10-4-3-5-11-23)30(38)36-19-18-35(31(39)40)20-24(36)15-17-33-25-12-6-7-13-26(25)43-2/h3-7,10-13,22,24,27,33,41H,8-9,14-21H2,1-2H3,(H,39,40)/t24-,27-,32-/m1/s1. The molecule has 1 saturated heterocycles. The second-order valence-electron chi connectivity index (χ2n) is 11.3. The van der Waals surface area contributed by atoms with Crippen LogP contribution in [0.4, 0.5) is 10.5 Å². The Morgan fingerprint density at radius 3 is 2.58 bits per heavy atom. The number of carbonyl (C=O) groups is 2. The van der Waals surface area contributed by atoms with Crippen molar-refractivity contribution < 1.29 is 29.3 Å². The van der Waals surface area contributed by atoms with Gasteiger partial charge >= 0.3 is 6.09 Å². The molecule has 2 aliphatic rings. The smallest absolute Gasteiger partial charge is 0.407 e. The number of carbonyl (C=O) groups excluding carboxylic acids is 1. The topological polar surface area (TPSA) is 129 Å². The van der Waals surface area contributed by atoms with Gasteiger partial charge in [-0.1, -0.05) is 55.3 Å². The number of hydrogen-bond acceptors (Lipinski definition) is 7. The predicted molar refractivity (Wildman–Crippen MR) is 163 cm³/mol. The fraction of sp³-hybridized carbons (Fsp3) is 0.469. The normalized spacial score (nSPS) is 22.3. The molecular formula is C32H41N5O6. The zero-order chi connectivity index (χ0) is 30.4. The van der Waals surface area contributed by atoms with Crippen molar-refractivity contribution in [2.45, 2.75) is 49.8 Å². The van der Waals surface area contributed by atoms with Crippen molar-refractivity contribution in [1.29, 1.82) is 0 Å². The van der Waals surface area contributed by atoms with Crippen LogP contribution >= 0.6 is 0 Å². The maximum Gasteiger partial charge on any atom is 0.407 e. The monoisotopic (exact) mass is 591 g/mol. The zero-order valence-corrected chi connectivity index (χ0v) is 24.8. The van der Waals surface area contributed by atoms with Crippen LogP contribution in [0.15, 0.2) is 60.9 Å². The van der Waals surface area contributed by atoms with Gasteiger partial charge in [0.1, 0.15) is 11.4 Å². The number of piperazine rings is 1. The van der Waals surface area contributed by atoms with Crippen LogP contribution in [-0.4, -0.2) is 100 Å². The Labute approximate surface area is 252 Å². The minimum absolute atomic E-state index is 0.186. The molecule has 2 aromatic carbocycles. The molecule has 2 amide bonds. The molecule has 1 aromatic heterocycles. The molecular weight excluding hydrogens is 550 g/mol. The third kappa shape index (κ3) is 6.47. The lowest BCUT2D eigenvalue weighted by Gasteiger charge is -2.41. The first kappa shape index (κ1) is 30.4. The Hall–Kier alpha value is -4.09. The first-order valence-electron chi connectivity index (χ1n) is 14.9. The van der Waals surface area contributed by atoms with Crippen LogP contribution in [0.1, 0.15) is 48.6 Å². The number of rotatable bonds is 10. The molecule has 3 atom stereocenters. The summed E-state index contributed by atoms with van der Waals surface area (Å²) in [7, 11) is 3.20. The van der Waals surface area contributed by atoms with Crippen molar-refractivity contribution in [3.63, 3.8) is 0 Å². The lowest BCUT2D eigenvalue weighted by Crippen LogP contribution is -2.56. The number of methoxy groups -OCH3 is 2. The van der Waals surface area contributed by atoms with Crippen molar-refractivity contribution in [2.75, 3.05) is 52.3 Å². The molecule has 0 spiro atoms. The molecule has 5 rings (SSSR count). The van der Waals surface area contributed by atoms with E-state index in [1.807, 2.05) is 59.2 Å². The number of para-hydroxylation sites is 2. The number of imidazole rings is 1. The van der Waals surface area contributed by atoms with Gasteiger partial charge in [0.15, 0.2) is 5.69 Å². The predicted octanol–water partition coefficient (Wildman–Crippen LogP) is 4.36. The summed E-state index contributed by atoms with van der Waals surface area (Å²) >= 11 is 0. The molecule has 11 nitrogen and oxygen atoms in total. The molecule has 2 heterocycles. The van der Waals surface area contributed by atoms with Crippen molar-refractivity contribution in [2.24, 2.45) is 0 Å². The van der Waals surface area contributed by atoms with Gasteiger partial charge in [-0.25, -0.2) is 9.78 Å². The molecule has 3 N–H and O–H groups in total. The Kier molecular flexibility index (Phi) is 9.52. The van der Waals surface area contributed by atoms with E-state index < -0.39 is 11.7 Å². The number of anilines is 1. The minimum atomic E-state index is -1.09. The molecule has 0 unspecified atom stereocenters. The van der Waals surface area contributed by atoms with Gasteiger partial charge < -0.3 is 39.4 Å². The van der Waals surface area contributed by atoms with Gasteiger partial charge in [0.25, 0.3) is 5.91 Å². The average Bonchev–Trinajstić information content (AvgIpc) is 3.46. The van der Waals surface area contributed by atoms with E-state index in [4.69, 9.17) is 9.47 Å². The van der Waals surface area contributed by atoms with Crippen LogP contribution in [0.2, 0.25) is 0 Å². The van der Waals surface area contributed by atoms with Gasteiger partial charge in [0.05, 0.1) is 43.5 Å². The maximum atomic E-state index is 14.4. The number of benzene rings is 2. The summed E-state index contributed by atoms with van der Waals surface area (Å²) in [6.45, 7) is 1.37. The highest BCUT2D eigenvalue weighted by atomic mass is 16.5. The molecule has 11 heteroatoms. The number of carboxylic acid groups (broad SMARTS) is 1. The Morgan fingerprint density at radius 1 is 1.07 bits per heavy atom. The van der Waals surface area contributed by atoms with Gasteiger partial charge in [0.2, 0.25) is 0 Å². The average molecular weight is 592 g/mol. The lowest BCUT2D eigenvalue weighted by molar-refractivity contribution is -0.0893. The van der Waals surface area contributed by atoms with Crippen molar-refractivity contribution in [3.8, 4) is 17.0 Å². The first-order valence-corrected chi connectivity index (χ1v) is 14.9. The third-order valence-electron chi connectivity index (χ3n) is 8.65. The molecule has 0 bridgehead atoms. The fourth-order valence-electron chi connectivity index (χ4n) is 6.50. The molecule has 3 aromatic rings. The summed E-state index contributed by atoms with van der Waals surface area (Å²) in [4.78, 5) is 34.0. The van der Waals surface area contributed by atoms with Crippen LogP contribution in [0.25, 0.3) is 11.3 Å². The molecule has 1 aliphatic carbocycles. The minimum Gasteiger partial charge on any atom is -0.495 e. The highest BCUT2D eigenvalue weighted by Crippen LogP contribution is 2.41. The second-order valence-corrected chi connectivity index (χ2v) is 11.3. The quantitative estimate of drug-likeness (QED) is 0.317. The Balaban J connectivity index is 1.46. The summed E-state index contributed by atoms with van der Waals surface area (Å²) < 4.78 is 12.8. The summed E-state index contributed by atoms with van der Waals surface area (Å²) in [6.07, 6.45) is 4.36. The zero-order valence-electron chi connectivity index (χ0n) is 24.8. The summed E-state index contributed by atoms with van der Waals surface area (Å²) in [5.74, 6) is 0.455. The molecule has 2 fully saturated rings. The van der Waals surface area contributed by atoms with E-state index in [-0.39, 0.29) is 44.2 Å². The summed E-state index contributed by atoms with van der Waals surface area (Å²) in [6, 6.07) is 16.6. The van der Waals surface area contributed by atoms with Gasteiger partial charge in [-0.15, -0.1) is 0 Å². The largest absolute Gasteiger partial charge is 0.495 e. The van der Waals surface area contributed by atoms with E-state index >= 15 is 0 Å². The van der Waals surface area contributed by atoms with Gasteiger partial charge in [-0.2, -0.15) is 0 Å². The number of nitrogens with one attached hydrogen (secondary N) is 1. The third-order valence-corrected chi connectivity index (χ3v) is 8.65. The van der Waals surface area contributed by atoms with E-state index in [1.165, 1.54) is 4.90 Å². The van der Waals surface area contributed by atoms with E-state index in [0.29, 0.717) is 36.5 Å². The van der Waals surface area contributed by atoms with Crippen molar-refractivity contribution in [1.82, 2.24) is 19.4 Å². The van der Waals surface area contributed by atoms with E-state index in [1.54, 1.807) is 25.4 Å². The van der Waals surface area contributed by atoms with E-state index in [2.05, 4.69) is 10.3 Å². The van der Waals surface area contributed by atoms with Crippen molar-refractivity contribution in [3.05, 3.63) is 66.6 Å². The van der Waals surface area contributed by atoms with Gasteiger partial charge in [-0.3, -0.25) is 4.79 Å². The Morgan fingerprint density at radius 2 is 1.84 bits per heavy atom. The van der Waals surface area contributed by atoms with E-state index in [9.17, 15) is 19.8 Å². The molecule has 43 heavy (non-hydrogen) atoms. The van der Waals surface area contributed by atoms with Gasteiger partial charge in [-0.05, 0) is 31.4 Å². The first-order chi connectivity index (χ1) is 20.9. The highest BCUT2D eigenvalue weighted by molar-refractivity contribution is 5.98. The van der Waals surface area contributed by atoms with Crippen LogP contribution in [0.3, 0.4) is 0 Å². The molecule has 1 saturated carbocycles. The number of hydrogen-bond donors (Lipinski definition) is 3. The maximum absolute atomic E-state index is 14.4. The highest BCUT2D eigenvalue weighted by Gasteiger charge is 2.42. The Bertz CT molecular complexity index is 1390. The van der Waals surface area contributed by atoms with Crippen LogP contribution < -0.4 is 10.1 Å². The van der Waals surface area contributed by atoms with Gasteiger partial charge in [0, 0.05) is 38.9 Å². The molecule has 230 valence electrons. The number of amides is 2. The second kappa shape index (κ2) is 13.5. The van der Waals surface area contributed by atoms with Crippen LogP contribution in [0, 0.1) is 0 Å². The van der Waals surface area contributed by atoms with Crippen LogP contribution in [0.5, 0.6) is 5.75 Å². The van der Waals surface area contributed by atoms with E-state index in [0.717, 1.165) is 30.5 Å².